The van der Waals surface area contributed by atoms with Gasteiger partial charge in [-0.1, -0.05) is 18.1 Å². The number of esters is 1. The van der Waals surface area contributed by atoms with E-state index in [0.29, 0.717) is 12.3 Å². The molecule has 9 nitrogen and oxygen atoms in total. The summed E-state index contributed by atoms with van der Waals surface area (Å²) in [6.45, 7) is 2.19. The van der Waals surface area contributed by atoms with Gasteiger partial charge in [0.2, 0.25) is 11.8 Å². The van der Waals surface area contributed by atoms with E-state index in [2.05, 4.69) is 26.5 Å². The Morgan fingerprint density at radius 1 is 1.38 bits per heavy atom. The Morgan fingerprint density at radius 2 is 2.12 bits per heavy atom. The summed E-state index contributed by atoms with van der Waals surface area (Å²) in [5.74, 6) is 2.24. The van der Waals surface area contributed by atoms with Gasteiger partial charge in [0, 0.05) is 5.69 Å². The maximum Gasteiger partial charge on any atom is 0.329 e. The lowest BCUT2D eigenvalue weighted by Gasteiger charge is -2.08. The zero-order valence-electron chi connectivity index (χ0n) is 14.1. The van der Waals surface area contributed by atoms with Crippen LogP contribution in [0.15, 0.2) is 30.5 Å². The van der Waals surface area contributed by atoms with Crippen molar-refractivity contribution in [3.63, 3.8) is 0 Å². The van der Waals surface area contributed by atoms with Crippen molar-refractivity contribution in [1.29, 1.82) is 0 Å². The summed E-state index contributed by atoms with van der Waals surface area (Å²) in [5, 5.41) is 16.6. The van der Waals surface area contributed by atoms with Gasteiger partial charge in [0.1, 0.15) is 6.20 Å². The van der Waals surface area contributed by atoms with Crippen LogP contribution in [0, 0.1) is 22.5 Å². The molecule has 134 valence electrons. The van der Waals surface area contributed by atoms with E-state index in [4.69, 9.17) is 11.2 Å². The summed E-state index contributed by atoms with van der Waals surface area (Å²) in [7, 11) is 0. The van der Waals surface area contributed by atoms with Gasteiger partial charge >= 0.3 is 11.7 Å². The maximum atomic E-state index is 11.5. The monoisotopic (exact) mass is 355 g/mol. The second-order valence-corrected chi connectivity index (χ2v) is 5.05. The third kappa shape index (κ3) is 5.17. The fraction of sp³-hybridized carbons (Fsp3) is 0.235. The molecule has 0 spiro atoms. The Morgan fingerprint density at radius 3 is 2.73 bits per heavy atom. The number of benzene rings is 1. The first-order valence-corrected chi connectivity index (χ1v) is 7.73. The number of aromatic nitrogens is 2. The fourth-order valence-corrected chi connectivity index (χ4v) is 2.05. The Balaban J connectivity index is 2.11. The van der Waals surface area contributed by atoms with Gasteiger partial charge < -0.3 is 15.4 Å². The lowest BCUT2D eigenvalue weighted by atomic mass is 10.1. The van der Waals surface area contributed by atoms with Crippen LogP contribution in [0.1, 0.15) is 12.5 Å². The zero-order chi connectivity index (χ0) is 18.9. The molecule has 0 radical (unpaired) electrons. The number of nitrogens with zero attached hydrogens (tertiary/aromatic N) is 3. The number of nitro groups is 1. The number of anilines is 3. The Labute approximate surface area is 150 Å². The molecule has 26 heavy (non-hydrogen) atoms. The Kier molecular flexibility index (Phi) is 6.45. The number of carbonyl (C=O) groups excluding carboxylic acids is 1. The molecule has 0 saturated carbocycles. The molecule has 2 rings (SSSR count). The van der Waals surface area contributed by atoms with Gasteiger partial charge in [-0.3, -0.25) is 14.9 Å². The highest BCUT2D eigenvalue weighted by atomic mass is 16.6. The molecule has 2 N–H and O–H groups in total. The first kappa shape index (κ1) is 18.7. The molecule has 2 aromatic rings. The van der Waals surface area contributed by atoms with Crippen LogP contribution in [0.25, 0.3) is 0 Å². The fourth-order valence-electron chi connectivity index (χ4n) is 2.05. The topological polar surface area (TPSA) is 119 Å². The SMILES string of the molecule is C#CCNc1nc(Nc2ccc(CC(=O)OCC)cc2)ncc1[N+](=O)[O-]. The molecule has 0 amide bonds. The zero-order valence-corrected chi connectivity index (χ0v) is 14.1. The number of terminal acetylenes is 1. The predicted octanol–water partition coefficient (Wildman–Crippen LogP) is 2.28. The van der Waals surface area contributed by atoms with Crippen molar-refractivity contribution in [2.24, 2.45) is 0 Å². The van der Waals surface area contributed by atoms with Crippen LogP contribution < -0.4 is 10.6 Å². The van der Waals surface area contributed by atoms with E-state index in [1.165, 1.54) is 0 Å². The van der Waals surface area contributed by atoms with Crippen LogP contribution in [-0.4, -0.2) is 34.0 Å². The molecule has 0 fully saturated rings. The summed E-state index contributed by atoms with van der Waals surface area (Å²) in [5.41, 5.74) is 1.19. The van der Waals surface area contributed by atoms with Crippen molar-refractivity contribution >= 4 is 29.1 Å². The highest BCUT2D eigenvalue weighted by Gasteiger charge is 2.16. The molecule has 1 aromatic heterocycles. The summed E-state index contributed by atoms with van der Waals surface area (Å²) in [6, 6.07) is 7.02. The molecule has 9 heteroatoms. The highest BCUT2D eigenvalue weighted by Crippen LogP contribution is 2.23. The van der Waals surface area contributed by atoms with Crippen LogP contribution in [0.4, 0.5) is 23.1 Å². The van der Waals surface area contributed by atoms with Crippen LogP contribution in [0.2, 0.25) is 0 Å². The van der Waals surface area contributed by atoms with Crippen LogP contribution >= 0.6 is 0 Å². The number of carbonyl (C=O) groups is 1. The normalized spacial score (nSPS) is 9.85. The predicted molar refractivity (Wildman–Crippen MR) is 96.1 cm³/mol. The minimum atomic E-state index is -0.590. The largest absolute Gasteiger partial charge is 0.466 e. The van der Waals surface area contributed by atoms with Crippen molar-refractivity contribution in [1.82, 2.24) is 9.97 Å². The van der Waals surface area contributed by atoms with E-state index in [-0.39, 0.29) is 36.4 Å². The standard InChI is InChI=1S/C17H17N5O4/c1-3-9-18-16-14(22(24)25)11-19-17(21-16)20-13-7-5-12(6-8-13)10-15(23)26-4-2/h1,5-8,11H,4,9-10H2,2H3,(H2,18,19,20,21). The molecule has 0 atom stereocenters. The number of rotatable bonds is 8. The molecule has 1 aromatic carbocycles. The molecule has 0 bridgehead atoms. The number of hydrogen-bond acceptors (Lipinski definition) is 8. The minimum Gasteiger partial charge on any atom is -0.466 e. The molecule has 0 saturated heterocycles. The third-order valence-corrected chi connectivity index (χ3v) is 3.19. The van der Waals surface area contributed by atoms with Crippen molar-refractivity contribution < 1.29 is 14.5 Å². The van der Waals surface area contributed by atoms with Crippen LogP contribution in [0.5, 0.6) is 0 Å². The lowest BCUT2D eigenvalue weighted by Crippen LogP contribution is -2.08. The van der Waals surface area contributed by atoms with Gasteiger partial charge in [-0.15, -0.1) is 6.42 Å². The second kappa shape index (κ2) is 8.98. The second-order valence-electron chi connectivity index (χ2n) is 5.05. The van der Waals surface area contributed by atoms with Crippen molar-refractivity contribution in [2.45, 2.75) is 13.3 Å². The van der Waals surface area contributed by atoms with E-state index in [1.807, 2.05) is 0 Å². The molecular weight excluding hydrogens is 338 g/mol. The van der Waals surface area contributed by atoms with E-state index >= 15 is 0 Å². The lowest BCUT2D eigenvalue weighted by molar-refractivity contribution is -0.384. The summed E-state index contributed by atoms with van der Waals surface area (Å²) >= 11 is 0. The average molecular weight is 355 g/mol. The molecule has 1 heterocycles. The van der Waals surface area contributed by atoms with Crippen molar-refractivity contribution in [3.05, 3.63) is 46.1 Å². The van der Waals surface area contributed by atoms with Gasteiger partial charge in [-0.25, -0.2) is 4.98 Å². The summed E-state index contributed by atoms with van der Waals surface area (Å²) < 4.78 is 4.90. The van der Waals surface area contributed by atoms with Crippen LogP contribution in [-0.2, 0) is 16.0 Å². The maximum absolute atomic E-state index is 11.5. The first-order valence-electron chi connectivity index (χ1n) is 7.73. The smallest absolute Gasteiger partial charge is 0.329 e. The summed E-state index contributed by atoms with van der Waals surface area (Å²) in [6.07, 6.45) is 6.44. The Bertz CT molecular complexity index is 830. The van der Waals surface area contributed by atoms with Crippen molar-refractivity contribution in [2.75, 3.05) is 23.8 Å². The van der Waals surface area contributed by atoms with E-state index in [9.17, 15) is 14.9 Å². The molecule has 0 aliphatic rings. The van der Waals surface area contributed by atoms with Gasteiger partial charge in [-0.05, 0) is 24.6 Å². The molecule has 0 aliphatic carbocycles. The summed E-state index contributed by atoms with van der Waals surface area (Å²) in [4.78, 5) is 29.9. The molecular formula is C17H17N5O4. The average Bonchev–Trinajstić information content (AvgIpc) is 2.61. The van der Waals surface area contributed by atoms with Gasteiger partial charge in [0.25, 0.3) is 0 Å². The van der Waals surface area contributed by atoms with Gasteiger partial charge in [0.05, 0.1) is 24.5 Å². The van der Waals surface area contributed by atoms with Crippen molar-refractivity contribution in [3.8, 4) is 12.3 Å². The first-order chi connectivity index (χ1) is 12.5. The quantitative estimate of drug-likeness (QED) is 0.320. The van der Waals surface area contributed by atoms with E-state index < -0.39 is 4.92 Å². The number of nitrogens with one attached hydrogen (secondary N) is 2. The van der Waals surface area contributed by atoms with Gasteiger partial charge in [0.15, 0.2) is 0 Å². The molecule has 0 aliphatic heterocycles. The van der Waals surface area contributed by atoms with E-state index in [1.54, 1.807) is 31.2 Å². The third-order valence-electron chi connectivity index (χ3n) is 3.19. The minimum absolute atomic E-state index is 0.0318. The van der Waals surface area contributed by atoms with E-state index in [0.717, 1.165) is 11.8 Å². The van der Waals surface area contributed by atoms with Crippen LogP contribution in [0.3, 0.4) is 0 Å². The Hall–Kier alpha value is -3.67. The van der Waals surface area contributed by atoms with Gasteiger partial charge in [-0.2, -0.15) is 4.98 Å². The highest BCUT2D eigenvalue weighted by molar-refractivity contribution is 5.73. The molecule has 0 unspecified atom stereocenters. The number of hydrogen-bond donors (Lipinski definition) is 2. The number of ether oxygens (including phenoxy) is 1.